The minimum atomic E-state index is -5.73. The van der Waals surface area contributed by atoms with E-state index in [1.807, 2.05) is 0 Å². The lowest BCUT2D eigenvalue weighted by Crippen LogP contribution is -2.33. The van der Waals surface area contributed by atoms with Crippen LogP contribution < -0.4 is 11.2 Å². The van der Waals surface area contributed by atoms with Gasteiger partial charge in [-0.2, -0.15) is 8.62 Å². The summed E-state index contributed by atoms with van der Waals surface area (Å²) in [7, 11) is -16.8. The molecule has 0 amide bonds. The molecule has 1 aliphatic heterocycles. The summed E-state index contributed by atoms with van der Waals surface area (Å²) in [5.41, 5.74) is 7.24. The smallest absolute Gasteiger partial charge is 0.366 e. The molecule has 2 heterocycles. The lowest BCUT2D eigenvalue weighted by Gasteiger charge is -2.22. The number of hydrogen-bond acceptors (Lipinski definition) is 11. The van der Waals surface area contributed by atoms with Crippen LogP contribution in [-0.2, 0) is 36.3 Å². The van der Waals surface area contributed by atoms with Crippen molar-refractivity contribution >= 4 is 23.5 Å². The molecule has 1 aromatic rings. The van der Waals surface area contributed by atoms with E-state index in [0.717, 1.165) is 4.57 Å². The van der Waals surface area contributed by atoms with E-state index in [2.05, 4.69) is 28.2 Å². The van der Waals surface area contributed by atoms with Gasteiger partial charge in [-0.25, -0.2) is 18.5 Å². The van der Waals surface area contributed by atoms with Crippen molar-refractivity contribution < 1.29 is 55.9 Å². The number of phosphoric acid groups is 3. The summed E-state index contributed by atoms with van der Waals surface area (Å²) < 4.78 is 58.0. The van der Waals surface area contributed by atoms with E-state index < -0.39 is 66.0 Å². The maximum Gasteiger partial charge on any atom is 0.490 e. The molecule has 0 aliphatic carbocycles. The molecule has 1 aromatic heterocycles. The molecular formula is C12H20N5O14P3. The third-order valence-electron chi connectivity index (χ3n) is 4.04. The Morgan fingerprint density at radius 2 is 1.91 bits per heavy atom. The molecule has 6 atom stereocenters. The second-order valence-electron chi connectivity index (χ2n) is 6.71. The van der Waals surface area contributed by atoms with Gasteiger partial charge in [0.05, 0.1) is 12.7 Å². The van der Waals surface area contributed by atoms with Crippen LogP contribution in [0.3, 0.4) is 0 Å². The maximum absolute atomic E-state index is 12.2. The summed E-state index contributed by atoms with van der Waals surface area (Å²) in [6, 6.07) is 0. The molecule has 0 saturated carbocycles. The third kappa shape index (κ3) is 8.52. The van der Waals surface area contributed by atoms with Gasteiger partial charge in [0.15, 0.2) is 0 Å². The Labute approximate surface area is 189 Å². The third-order valence-corrected chi connectivity index (χ3v) is 7.84. The fraction of sp³-hybridized carbons (Fsp3) is 0.667. The van der Waals surface area contributed by atoms with E-state index in [4.69, 9.17) is 24.8 Å². The maximum atomic E-state index is 12.2. The van der Waals surface area contributed by atoms with Gasteiger partial charge in [-0.1, -0.05) is 5.11 Å². The minimum Gasteiger partial charge on any atom is -0.366 e. The van der Waals surface area contributed by atoms with Crippen LogP contribution in [0, 0.1) is 6.92 Å². The Morgan fingerprint density at radius 3 is 2.50 bits per heavy atom. The van der Waals surface area contributed by atoms with E-state index >= 15 is 0 Å². The molecule has 19 nitrogen and oxygen atoms in total. The lowest BCUT2D eigenvalue weighted by molar-refractivity contribution is -0.0757. The van der Waals surface area contributed by atoms with Gasteiger partial charge in [0.25, 0.3) is 5.56 Å². The van der Waals surface area contributed by atoms with Crippen molar-refractivity contribution in [2.75, 3.05) is 6.61 Å². The standard InChI is InChI=1S/C12H20N5O14P3/c1-6-4-17(12(19)14-11(6)18)10-3-8(28-7(2)15-16-13)9(29-10)5-27-33(23,24)31-34(25,26)30-32(20,21)22/h4,7-10H,3,5H2,1-2H3,(H,23,24)(H,25,26)(H,14,18,19)(H2,20,21,22)/t7-,8?,9?,10?/m1/s1. The molecule has 5 N–H and O–H groups in total. The second kappa shape index (κ2) is 10.9. The molecule has 5 unspecified atom stereocenters. The zero-order valence-corrected chi connectivity index (χ0v) is 20.0. The Hall–Kier alpha value is -1.68. The average Bonchev–Trinajstić information content (AvgIpc) is 3.02. The average molecular weight is 551 g/mol. The number of phosphoric ester groups is 1. The quantitative estimate of drug-likeness (QED) is 0.108. The van der Waals surface area contributed by atoms with Gasteiger partial charge in [0, 0.05) is 23.1 Å². The van der Waals surface area contributed by atoms with Crippen molar-refractivity contribution in [2.45, 2.75) is 44.9 Å². The summed E-state index contributed by atoms with van der Waals surface area (Å²) in [6.45, 7) is 1.92. The molecular weight excluding hydrogens is 531 g/mol. The van der Waals surface area contributed by atoms with Crippen LogP contribution in [0.15, 0.2) is 20.9 Å². The van der Waals surface area contributed by atoms with Gasteiger partial charge in [-0.15, -0.1) is 0 Å². The van der Waals surface area contributed by atoms with Crippen molar-refractivity contribution in [1.29, 1.82) is 0 Å². The Morgan fingerprint density at radius 1 is 1.26 bits per heavy atom. The van der Waals surface area contributed by atoms with Crippen molar-refractivity contribution in [2.24, 2.45) is 5.11 Å². The zero-order valence-electron chi connectivity index (χ0n) is 17.3. The Bertz CT molecular complexity index is 1200. The number of rotatable bonds is 11. The SMILES string of the molecule is Cc1cn(C2CC(O[C@H](C)N=[N+]=[N-])C(COP(=O)(O)OP(=O)(O)OP(=O)(O)O)O2)c(=O)[nH]c1=O. The van der Waals surface area contributed by atoms with Crippen molar-refractivity contribution in [3.05, 3.63) is 43.0 Å². The highest BCUT2D eigenvalue weighted by Crippen LogP contribution is 2.66. The number of nitrogens with one attached hydrogen (secondary N) is 1. The van der Waals surface area contributed by atoms with Crippen LogP contribution in [0.25, 0.3) is 10.4 Å². The number of aromatic nitrogens is 2. The topological polar surface area (TPSA) is 282 Å². The normalized spacial score (nSPS) is 25.2. The summed E-state index contributed by atoms with van der Waals surface area (Å²) in [5, 5.41) is 3.31. The van der Waals surface area contributed by atoms with Gasteiger partial charge in [0.2, 0.25) is 0 Å². The first-order valence-corrected chi connectivity index (χ1v) is 13.5. The zero-order chi connectivity index (χ0) is 25.9. The van der Waals surface area contributed by atoms with E-state index in [-0.39, 0.29) is 12.0 Å². The fourth-order valence-corrected chi connectivity index (χ4v) is 5.82. The first-order chi connectivity index (χ1) is 15.5. The summed E-state index contributed by atoms with van der Waals surface area (Å²) in [4.78, 5) is 64.3. The molecule has 1 fully saturated rings. The van der Waals surface area contributed by atoms with Crippen LogP contribution in [0.1, 0.15) is 25.1 Å². The van der Waals surface area contributed by atoms with Gasteiger partial charge >= 0.3 is 29.2 Å². The first kappa shape index (κ1) is 28.6. The van der Waals surface area contributed by atoms with Gasteiger partial charge in [0.1, 0.15) is 18.6 Å². The molecule has 0 aromatic carbocycles. The molecule has 1 saturated heterocycles. The fourth-order valence-electron chi connectivity index (χ4n) is 2.79. The number of ether oxygens (including phenoxy) is 2. The summed E-state index contributed by atoms with van der Waals surface area (Å²) >= 11 is 0. The van der Waals surface area contributed by atoms with Gasteiger partial charge in [-0.3, -0.25) is 18.9 Å². The highest BCUT2D eigenvalue weighted by Gasteiger charge is 2.43. The highest BCUT2D eigenvalue weighted by molar-refractivity contribution is 7.66. The molecule has 192 valence electrons. The molecule has 2 rings (SSSR count). The van der Waals surface area contributed by atoms with Crippen molar-refractivity contribution in [3.63, 3.8) is 0 Å². The largest absolute Gasteiger partial charge is 0.490 e. The number of aryl methyl sites for hydroxylation is 1. The predicted octanol–water partition coefficient (Wildman–Crippen LogP) is 0.517. The number of nitrogens with zero attached hydrogens (tertiary/aromatic N) is 4. The van der Waals surface area contributed by atoms with Crippen molar-refractivity contribution in [3.8, 4) is 0 Å². The van der Waals surface area contributed by atoms with E-state index in [1.54, 1.807) is 0 Å². The number of azide groups is 1. The van der Waals surface area contributed by atoms with E-state index in [0.29, 0.717) is 0 Å². The number of aromatic amines is 1. The van der Waals surface area contributed by atoms with Crippen LogP contribution in [-0.4, -0.2) is 54.2 Å². The van der Waals surface area contributed by atoms with E-state index in [9.17, 15) is 33.1 Å². The van der Waals surface area contributed by atoms with Crippen LogP contribution in [0.5, 0.6) is 0 Å². The molecule has 0 spiro atoms. The lowest BCUT2D eigenvalue weighted by atomic mass is 10.2. The second-order valence-corrected chi connectivity index (χ2v) is 11.1. The molecule has 1 aliphatic rings. The Balaban J connectivity index is 2.20. The molecule has 0 radical (unpaired) electrons. The van der Waals surface area contributed by atoms with Gasteiger partial charge < -0.3 is 29.0 Å². The predicted molar refractivity (Wildman–Crippen MR) is 108 cm³/mol. The monoisotopic (exact) mass is 551 g/mol. The van der Waals surface area contributed by atoms with Crippen LogP contribution in [0.4, 0.5) is 0 Å². The first-order valence-electron chi connectivity index (χ1n) is 8.97. The van der Waals surface area contributed by atoms with Crippen LogP contribution >= 0.6 is 23.5 Å². The minimum absolute atomic E-state index is 0.0961. The number of hydrogen-bond donors (Lipinski definition) is 5. The van der Waals surface area contributed by atoms with E-state index in [1.165, 1.54) is 20.0 Å². The van der Waals surface area contributed by atoms with Crippen molar-refractivity contribution in [1.82, 2.24) is 9.55 Å². The van der Waals surface area contributed by atoms with Crippen LogP contribution in [0.2, 0.25) is 0 Å². The summed E-state index contributed by atoms with van der Waals surface area (Å²) in [5.74, 6) is 0. The number of H-pyrrole nitrogens is 1. The Kier molecular flexibility index (Phi) is 9.18. The van der Waals surface area contributed by atoms with Gasteiger partial charge in [-0.05, 0) is 19.4 Å². The summed E-state index contributed by atoms with van der Waals surface area (Å²) in [6.07, 6.45) is -3.32. The molecule has 22 heteroatoms. The highest BCUT2D eigenvalue weighted by atomic mass is 31.3. The molecule has 34 heavy (non-hydrogen) atoms. The molecule has 0 bridgehead atoms.